The second kappa shape index (κ2) is 8.86. The molecule has 0 aromatic heterocycles. The first-order chi connectivity index (χ1) is 13.5. The molecule has 0 saturated carbocycles. The molecule has 0 bridgehead atoms. The third-order valence-electron chi connectivity index (χ3n) is 4.33. The molecule has 3 aromatic rings. The van der Waals surface area contributed by atoms with Crippen LogP contribution in [0.5, 0.6) is 0 Å². The van der Waals surface area contributed by atoms with Gasteiger partial charge >= 0.3 is 0 Å². The number of nitrogens with one attached hydrogen (secondary N) is 2. The standard InChI is InChI=1S/C23H23N3O2/c1-16-3-2-4-18(15-16)23(28)26-21-12-10-20(11-13-21)25-22(27)14-7-17-5-8-19(24)9-6-17/h2-6,8-13,15H,7,14,24H2,1H3,(H,25,27)(H,26,28). The average molecular weight is 373 g/mol. The highest BCUT2D eigenvalue weighted by Gasteiger charge is 2.07. The fraction of sp³-hybridized carbons (Fsp3) is 0.130. The van der Waals surface area contributed by atoms with Crippen LogP contribution < -0.4 is 16.4 Å². The average Bonchev–Trinajstić information content (AvgIpc) is 2.69. The van der Waals surface area contributed by atoms with E-state index < -0.39 is 0 Å². The number of nitrogens with two attached hydrogens (primary N) is 1. The Kier molecular flexibility index (Phi) is 6.07. The van der Waals surface area contributed by atoms with Crippen molar-refractivity contribution in [2.75, 3.05) is 16.4 Å². The van der Waals surface area contributed by atoms with E-state index in [1.165, 1.54) is 0 Å². The number of rotatable bonds is 6. The van der Waals surface area contributed by atoms with Gasteiger partial charge in [-0.3, -0.25) is 9.59 Å². The van der Waals surface area contributed by atoms with E-state index in [0.29, 0.717) is 35.5 Å². The molecule has 0 spiro atoms. The number of hydrogen-bond acceptors (Lipinski definition) is 3. The molecule has 0 aliphatic carbocycles. The number of carbonyl (C=O) groups is 2. The van der Waals surface area contributed by atoms with Crippen LogP contribution in [0.1, 0.15) is 27.9 Å². The molecular weight excluding hydrogens is 350 g/mol. The summed E-state index contributed by atoms with van der Waals surface area (Å²) in [4.78, 5) is 24.4. The molecule has 3 rings (SSSR count). The Morgan fingerprint density at radius 1 is 0.857 bits per heavy atom. The van der Waals surface area contributed by atoms with Gasteiger partial charge in [0, 0.05) is 29.0 Å². The topological polar surface area (TPSA) is 84.2 Å². The first-order valence-electron chi connectivity index (χ1n) is 9.12. The lowest BCUT2D eigenvalue weighted by molar-refractivity contribution is -0.116. The summed E-state index contributed by atoms with van der Waals surface area (Å²) < 4.78 is 0. The van der Waals surface area contributed by atoms with Crippen LogP contribution in [-0.2, 0) is 11.2 Å². The second-order valence-electron chi connectivity index (χ2n) is 6.69. The van der Waals surface area contributed by atoms with Gasteiger partial charge in [-0.2, -0.15) is 0 Å². The van der Waals surface area contributed by atoms with Crippen LogP contribution in [0.2, 0.25) is 0 Å². The normalized spacial score (nSPS) is 10.3. The van der Waals surface area contributed by atoms with E-state index in [0.717, 1.165) is 11.1 Å². The van der Waals surface area contributed by atoms with E-state index >= 15 is 0 Å². The van der Waals surface area contributed by atoms with Crippen molar-refractivity contribution in [1.82, 2.24) is 0 Å². The van der Waals surface area contributed by atoms with Crippen LogP contribution >= 0.6 is 0 Å². The lowest BCUT2D eigenvalue weighted by Gasteiger charge is -2.09. The van der Waals surface area contributed by atoms with E-state index in [-0.39, 0.29) is 11.8 Å². The van der Waals surface area contributed by atoms with Crippen LogP contribution in [0.25, 0.3) is 0 Å². The molecule has 0 aliphatic heterocycles. The van der Waals surface area contributed by atoms with Gasteiger partial charge in [0.05, 0.1) is 0 Å². The predicted molar refractivity (Wildman–Crippen MR) is 113 cm³/mol. The molecule has 3 aromatic carbocycles. The van der Waals surface area contributed by atoms with Crippen molar-refractivity contribution in [3.05, 3.63) is 89.5 Å². The van der Waals surface area contributed by atoms with Crippen molar-refractivity contribution >= 4 is 28.9 Å². The fourth-order valence-corrected chi connectivity index (χ4v) is 2.79. The maximum Gasteiger partial charge on any atom is 0.255 e. The van der Waals surface area contributed by atoms with Crippen molar-refractivity contribution in [2.45, 2.75) is 19.8 Å². The minimum Gasteiger partial charge on any atom is -0.399 e. The van der Waals surface area contributed by atoms with Crippen LogP contribution in [0, 0.1) is 6.92 Å². The smallest absolute Gasteiger partial charge is 0.255 e. The van der Waals surface area contributed by atoms with Gasteiger partial charge in [-0.05, 0) is 67.4 Å². The van der Waals surface area contributed by atoms with Crippen LogP contribution in [-0.4, -0.2) is 11.8 Å². The fourth-order valence-electron chi connectivity index (χ4n) is 2.79. The predicted octanol–water partition coefficient (Wildman–Crippen LogP) is 4.40. The Morgan fingerprint density at radius 2 is 1.50 bits per heavy atom. The number of anilines is 3. The van der Waals surface area contributed by atoms with Crippen molar-refractivity contribution in [2.24, 2.45) is 0 Å². The van der Waals surface area contributed by atoms with Gasteiger partial charge in [-0.1, -0.05) is 29.8 Å². The lowest BCUT2D eigenvalue weighted by atomic mass is 10.1. The van der Waals surface area contributed by atoms with Gasteiger partial charge in [0.1, 0.15) is 0 Å². The summed E-state index contributed by atoms with van der Waals surface area (Å²) in [6, 6.07) is 22.0. The Balaban J connectivity index is 1.51. The molecule has 5 nitrogen and oxygen atoms in total. The maximum absolute atomic E-state index is 12.3. The van der Waals surface area contributed by atoms with Crippen molar-refractivity contribution in [3.63, 3.8) is 0 Å². The van der Waals surface area contributed by atoms with Crippen LogP contribution in [0.3, 0.4) is 0 Å². The molecule has 4 N–H and O–H groups in total. The summed E-state index contributed by atoms with van der Waals surface area (Å²) in [5.41, 5.74) is 10.4. The van der Waals surface area contributed by atoms with E-state index in [1.807, 2.05) is 49.4 Å². The van der Waals surface area contributed by atoms with Gasteiger partial charge < -0.3 is 16.4 Å². The molecule has 0 fully saturated rings. The Bertz CT molecular complexity index is 964. The Labute approximate surface area is 164 Å². The zero-order valence-electron chi connectivity index (χ0n) is 15.7. The third-order valence-corrected chi connectivity index (χ3v) is 4.33. The summed E-state index contributed by atoms with van der Waals surface area (Å²) >= 11 is 0. The number of benzene rings is 3. The third kappa shape index (κ3) is 5.45. The molecule has 0 radical (unpaired) electrons. The number of carbonyl (C=O) groups excluding carboxylic acids is 2. The first-order valence-corrected chi connectivity index (χ1v) is 9.12. The highest BCUT2D eigenvalue weighted by atomic mass is 16.2. The van der Waals surface area contributed by atoms with Gasteiger partial charge in [-0.25, -0.2) is 0 Å². The first kappa shape index (κ1) is 19.2. The summed E-state index contributed by atoms with van der Waals surface area (Å²) in [5, 5.41) is 5.72. The lowest BCUT2D eigenvalue weighted by Crippen LogP contribution is -2.13. The molecule has 0 saturated heterocycles. The molecular formula is C23H23N3O2. The molecule has 0 unspecified atom stereocenters. The molecule has 0 aliphatic rings. The van der Waals surface area contributed by atoms with Crippen LogP contribution in [0.4, 0.5) is 17.1 Å². The molecule has 2 amide bonds. The summed E-state index contributed by atoms with van der Waals surface area (Å²) in [6.45, 7) is 1.95. The molecule has 5 heteroatoms. The SMILES string of the molecule is Cc1cccc(C(=O)Nc2ccc(NC(=O)CCc3ccc(N)cc3)cc2)c1. The minimum atomic E-state index is -0.163. The van der Waals surface area contributed by atoms with E-state index in [9.17, 15) is 9.59 Å². The van der Waals surface area contributed by atoms with E-state index in [2.05, 4.69) is 10.6 Å². The Hall–Kier alpha value is -3.60. The monoisotopic (exact) mass is 373 g/mol. The zero-order chi connectivity index (χ0) is 19.9. The van der Waals surface area contributed by atoms with Gasteiger partial charge in [0.25, 0.3) is 5.91 Å². The summed E-state index contributed by atoms with van der Waals surface area (Å²) in [5.74, 6) is -0.225. The molecule has 0 heterocycles. The van der Waals surface area contributed by atoms with Crippen molar-refractivity contribution < 1.29 is 9.59 Å². The number of amides is 2. The highest BCUT2D eigenvalue weighted by molar-refractivity contribution is 6.04. The van der Waals surface area contributed by atoms with E-state index in [4.69, 9.17) is 5.73 Å². The minimum absolute atomic E-state index is 0.0617. The molecule has 28 heavy (non-hydrogen) atoms. The van der Waals surface area contributed by atoms with Gasteiger partial charge in [-0.15, -0.1) is 0 Å². The Morgan fingerprint density at radius 3 is 2.14 bits per heavy atom. The van der Waals surface area contributed by atoms with Gasteiger partial charge in [0.2, 0.25) is 5.91 Å². The number of hydrogen-bond donors (Lipinski definition) is 3. The molecule has 142 valence electrons. The zero-order valence-corrected chi connectivity index (χ0v) is 15.7. The van der Waals surface area contributed by atoms with E-state index in [1.54, 1.807) is 30.3 Å². The number of nitrogen functional groups attached to an aromatic ring is 1. The molecule has 0 atom stereocenters. The highest BCUT2D eigenvalue weighted by Crippen LogP contribution is 2.16. The maximum atomic E-state index is 12.3. The largest absolute Gasteiger partial charge is 0.399 e. The van der Waals surface area contributed by atoms with Gasteiger partial charge in [0.15, 0.2) is 0 Å². The summed E-state index contributed by atoms with van der Waals surface area (Å²) in [6.07, 6.45) is 1.03. The van der Waals surface area contributed by atoms with Crippen LogP contribution in [0.15, 0.2) is 72.8 Å². The number of aryl methyl sites for hydroxylation is 2. The quantitative estimate of drug-likeness (QED) is 0.560. The second-order valence-corrected chi connectivity index (χ2v) is 6.69. The summed E-state index contributed by atoms with van der Waals surface area (Å²) in [7, 11) is 0. The van der Waals surface area contributed by atoms with Crippen molar-refractivity contribution in [3.8, 4) is 0 Å². The van der Waals surface area contributed by atoms with Crippen molar-refractivity contribution in [1.29, 1.82) is 0 Å².